The molecule has 1 aliphatic carbocycles. The molecule has 1 saturated carbocycles. The summed E-state index contributed by atoms with van der Waals surface area (Å²) in [5.74, 6) is 1.39. The van der Waals surface area contributed by atoms with E-state index in [1.165, 1.54) is 6.42 Å². The summed E-state index contributed by atoms with van der Waals surface area (Å²) in [5.41, 5.74) is 5.97. The Morgan fingerprint density at radius 1 is 1.41 bits per heavy atom. The van der Waals surface area contributed by atoms with Gasteiger partial charge in [0.2, 0.25) is 5.91 Å². The third kappa shape index (κ3) is 2.97. The van der Waals surface area contributed by atoms with Crippen molar-refractivity contribution in [3.63, 3.8) is 0 Å². The fourth-order valence-corrected chi connectivity index (χ4v) is 3.90. The maximum Gasteiger partial charge on any atom is 0.223 e. The van der Waals surface area contributed by atoms with Crippen molar-refractivity contribution in [3.8, 4) is 0 Å². The summed E-state index contributed by atoms with van der Waals surface area (Å²) in [6, 6.07) is 0. The van der Waals surface area contributed by atoms with Crippen LogP contribution in [0.2, 0.25) is 0 Å². The molecule has 0 atom stereocenters. The predicted molar refractivity (Wildman–Crippen MR) is 73.1 cm³/mol. The van der Waals surface area contributed by atoms with Gasteiger partial charge in [-0.3, -0.25) is 4.79 Å². The smallest absolute Gasteiger partial charge is 0.223 e. The van der Waals surface area contributed by atoms with E-state index >= 15 is 0 Å². The molecule has 2 fully saturated rings. The number of hydrogen-bond donors (Lipinski definition) is 1. The second-order valence-corrected chi connectivity index (χ2v) is 7.96. The second-order valence-electron chi connectivity index (χ2n) is 6.16. The van der Waals surface area contributed by atoms with Crippen LogP contribution < -0.4 is 5.73 Å². The highest BCUT2D eigenvalue weighted by molar-refractivity contribution is 8.00. The molecule has 0 aromatic heterocycles. The molecule has 1 aliphatic heterocycles. The lowest BCUT2D eigenvalue weighted by Crippen LogP contribution is -2.49. The standard InChI is InChI=1S/C13H24N2OS/c1-12(2)10-15(6-7-17-12)11(16)8-13(9-14)4-3-5-13/h3-10,14H2,1-2H3. The van der Waals surface area contributed by atoms with E-state index in [0.29, 0.717) is 18.9 Å². The van der Waals surface area contributed by atoms with Crippen LogP contribution in [0.1, 0.15) is 39.5 Å². The van der Waals surface area contributed by atoms with Gasteiger partial charge in [0, 0.05) is 30.0 Å². The molecule has 0 spiro atoms. The minimum absolute atomic E-state index is 0.145. The van der Waals surface area contributed by atoms with Crippen molar-refractivity contribution in [1.82, 2.24) is 4.90 Å². The Labute approximate surface area is 108 Å². The van der Waals surface area contributed by atoms with Crippen molar-refractivity contribution in [2.45, 2.75) is 44.3 Å². The molecule has 1 heterocycles. The van der Waals surface area contributed by atoms with Crippen LogP contribution in [-0.4, -0.2) is 40.9 Å². The lowest BCUT2D eigenvalue weighted by atomic mass is 9.66. The fourth-order valence-electron chi connectivity index (χ4n) is 2.79. The number of carbonyl (C=O) groups excluding carboxylic acids is 1. The van der Waals surface area contributed by atoms with Gasteiger partial charge in [-0.2, -0.15) is 11.8 Å². The van der Waals surface area contributed by atoms with Gasteiger partial charge in [-0.1, -0.05) is 6.42 Å². The van der Waals surface area contributed by atoms with Gasteiger partial charge in [0.15, 0.2) is 0 Å². The van der Waals surface area contributed by atoms with Crippen LogP contribution in [0.15, 0.2) is 0 Å². The Balaban J connectivity index is 1.91. The number of amides is 1. The van der Waals surface area contributed by atoms with E-state index in [0.717, 1.165) is 31.7 Å². The Morgan fingerprint density at radius 2 is 2.12 bits per heavy atom. The molecule has 0 aromatic carbocycles. The first-order valence-corrected chi connectivity index (χ1v) is 7.57. The molecule has 2 N–H and O–H groups in total. The average Bonchev–Trinajstić information content (AvgIpc) is 2.21. The highest BCUT2D eigenvalue weighted by Gasteiger charge is 2.40. The molecule has 0 radical (unpaired) electrons. The first-order valence-electron chi connectivity index (χ1n) is 6.58. The average molecular weight is 256 g/mol. The largest absolute Gasteiger partial charge is 0.340 e. The summed E-state index contributed by atoms with van der Waals surface area (Å²) in [5, 5.41) is 0. The van der Waals surface area contributed by atoms with Gasteiger partial charge in [0.25, 0.3) is 0 Å². The van der Waals surface area contributed by atoms with E-state index < -0.39 is 0 Å². The summed E-state index contributed by atoms with van der Waals surface area (Å²) >= 11 is 1.97. The van der Waals surface area contributed by atoms with Gasteiger partial charge in [0.05, 0.1) is 0 Å². The zero-order valence-electron chi connectivity index (χ0n) is 11.0. The van der Waals surface area contributed by atoms with Crippen LogP contribution in [-0.2, 0) is 4.79 Å². The van der Waals surface area contributed by atoms with Crippen LogP contribution in [0, 0.1) is 5.41 Å². The van der Waals surface area contributed by atoms with Gasteiger partial charge in [0.1, 0.15) is 0 Å². The van der Waals surface area contributed by atoms with Crippen LogP contribution >= 0.6 is 11.8 Å². The number of rotatable bonds is 3. The lowest BCUT2D eigenvalue weighted by molar-refractivity contribution is -0.135. The number of nitrogens with two attached hydrogens (primary N) is 1. The molecule has 1 saturated heterocycles. The van der Waals surface area contributed by atoms with Crippen LogP contribution in [0.25, 0.3) is 0 Å². The maximum atomic E-state index is 12.3. The van der Waals surface area contributed by atoms with Crippen LogP contribution in [0.5, 0.6) is 0 Å². The first-order chi connectivity index (χ1) is 7.96. The Bertz CT molecular complexity index is 294. The Morgan fingerprint density at radius 3 is 2.59 bits per heavy atom. The van der Waals surface area contributed by atoms with Gasteiger partial charge < -0.3 is 10.6 Å². The minimum atomic E-state index is 0.145. The monoisotopic (exact) mass is 256 g/mol. The van der Waals surface area contributed by atoms with Crippen molar-refractivity contribution in [2.24, 2.45) is 11.1 Å². The maximum absolute atomic E-state index is 12.3. The second kappa shape index (κ2) is 4.81. The lowest BCUT2D eigenvalue weighted by Gasteiger charge is -2.43. The molecule has 1 amide bonds. The van der Waals surface area contributed by atoms with E-state index in [4.69, 9.17) is 5.73 Å². The zero-order valence-corrected chi connectivity index (χ0v) is 11.8. The van der Waals surface area contributed by atoms with Crippen molar-refractivity contribution in [3.05, 3.63) is 0 Å². The molecule has 98 valence electrons. The highest BCUT2D eigenvalue weighted by Crippen LogP contribution is 2.43. The third-order valence-electron chi connectivity index (χ3n) is 4.15. The third-order valence-corrected chi connectivity index (χ3v) is 5.45. The number of hydrogen-bond acceptors (Lipinski definition) is 3. The summed E-state index contributed by atoms with van der Waals surface area (Å²) < 4.78 is 0.212. The van der Waals surface area contributed by atoms with Crippen molar-refractivity contribution < 1.29 is 4.79 Å². The molecule has 0 aromatic rings. The van der Waals surface area contributed by atoms with E-state index in [9.17, 15) is 4.79 Å². The molecule has 0 unspecified atom stereocenters. The number of thioether (sulfide) groups is 1. The van der Waals surface area contributed by atoms with Gasteiger partial charge >= 0.3 is 0 Å². The van der Waals surface area contributed by atoms with E-state index in [1.54, 1.807) is 0 Å². The number of carbonyl (C=O) groups is 1. The topological polar surface area (TPSA) is 46.3 Å². The predicted octanol–water partition coefficient (Wildman–Crippen LogP) is 1.86. The van der Waals surface area contributed by atoms with E-state index in [1.807, 2.05) is 16.7 Å². The zero-order chi connectivity index (χ0) is 12.5. The fraction of sp³-hybridized carbons (Fsp3) is 0.923. The van der Waals surface area contributed by atoms with E-state index in [2.05, 4.69) is 13.8 Å². The molecule has 2 rings (SSSR count). The van der Waals surface area contributed by atoms with Gasteiger partial charge in [-0.25, -0.2) is 0 Å². The molecule has 0 bridgehead atoms. The van der Waals surface area contributed by atoms with Gasteiger partial charge in [-0.15, -0.1) is 0 Å². The van der Waals surface area contributed by atoms with Crippen LogP contribution in [0.3, 0.4) is 0 Å². The first kappa shape index (κ1) is 13.2. The quantitative estimate of drug-likeness (QED) is 0.838. The highest BCUT2D eigenvalue weighted by atomic mass is 32.2. The summed E-state index contributed by atoms with van der Waals surface area (Å²) in [7, 11) is 0. The minimum Gasteiger partial charge on any atom is -0.340 e. The van der Waals surface area contributed by atoms with Gasteiger partial charge in [-0.05, 0) is 38.6 Å². The summed E-state index contributed by atoms with van der Waals surface area (Å²) in [6.45, 7) is 6.91. The van der Waals surface area contributed by atoms with Crippen molar-refractivity contribution in [1.29, 1.82) is 0 Å². The molecule has 4 heteroatoms. The normalized spacial score (nSPS) is 26.4. The Hall–Kier alpha value is -0.220. The molecule has 17 heavy (non-hydrogen) atoms. The summed E-state index contributed by atoms with van der Waals surface area (Å²) in [6.07, 6.45) is 4.19. The SMILES string of the molecule is CC1(C)CN(C(=O)CC2(CN)CCC2)CCS1. The molecule has 3 nitrogen and oxygen atoms in total. The molecular formula is C13H24N2OS. The molecule has 2 aliphatic rings. The number of nitrogens with zero attached hydrogens (tertiary/aromatic N) is 1. The van der Waals surface area contributed by atoms with Crippen molar-refractivity contribution >= 4 is 17.7 Å². The summed E-state index contributed by atoms with van der Waals surface area (Å²) in [4.78, 5) is 14.4. The Kier molecular flexibility index (Phi) is 3.74. The van der Waals surface area contributed by atoms with Crippen molar-refractivity contribution in [2.75, 3.05) is 25.4 Å². The van der Waals surface area contributed by atoms with E-state index in [-0.39, 0.29) is 10.2 Å². The molecular weight excluding hydrogens is 232 g/mol. The van der Waals surface area contributed by atoms with Crippen LogP contribution in [0.4, 0.5) is 0 Å².